The molecular formula is C25H28Br2N4O7. The summed E-state index contributed by atoms with van der Waals surface area (Å²) in [4.78, 5) is 24.5. The Balaban J connectivity index is 1.72. The van der Waals surface area contributed by atoms with Gasteiger partial charge < -0.3 is 34.7 Å². The van der Waals surface area contributed by atoms with Gasteiger partial charge in [-0.2, -0.15) is 5.10 Å². The lowest BCUT2D eigenvalue weighted by Gasteiger charge is -2.28. The van der Waals surface area contributed by atoms with Crippen LogP contribution in [0.4, 0.5) is 4.79 Å². The number of urea groups is 1. The number of hydrogen-bond donors (Lipinski definition) is 4. The molecule has 0 saturated carbocycles. The number of allylic oxidation sites excluding steroid dienone is 1. The van der Waals surface area contributed by atoms with Gasteiger partial charge in [-0.05, 0) is 59.6 Å². The summed E-state index contributed by atoms with van der Waals surface area (Å²) in [5, 5.41) is 19.7. The van der Waals surface area contributed by atoms with E-state index in [1.807, 2.05) is 19.1 Å². The molecule has 13 heteroatoms. The number of aliphatic hydroxyl groups is 1. The molecule has 2 aromatic carbocycles. The number of hydrazone groups is 1. The molecule has 0 aliphatic carbocycles. The van der Waals surface area contributed by atoms with Crippen molar-refractivity contribution in [3.8, 4) is 17.2 Å². The second kappa shape index (κ2) is 13.5. The molecule has 0 radical (unpaired) electrons. The molecule has 0 saturated heterocycles. The van der Waals surface area contributed by atoms with Crippen LogP contribution in [0.5, 0.6) is 17.2 Å². The van der Waals surface area contributed by atoms with Crippen LogP contribution >= 0.6 is 31.9 Å². The minimum atomic E-state index is -1.14. The molecule has 0 bridgehead atoms. The molecule has 1 aliphatic rings. The fourth-order valence-electron chi connectivity index (χ4n) is 3.71. The highest BCUT2D eigenvalue weighted by Crippen LogP contribution is 2.35. The topological polar surface area (TPSA) is 140 Å². The van der Waals surface area contributed by atoms with Crippen LogP contribution in [0.15, 0.2) is 55.6 Å². The molecule has 3 rings (SSSR count). The van der Waals surface area contributed by atoms with Gasteiger partial charge in [0.1, 0.15) is 12.4 Å². The van der Waals surface area contributed by atoms with Gasteiger partial charge >= 0.3 is 12.0 Å². The van der Waals surface area contributed by atoms with E-state index in [2.05, 4.69) is 53.0 Å². The molecule has 1 aliphatic heterocycles. The van der Waals surface area contributed by atoms with E-state index < -0.39 is 24.3 Å². The van der Waals surface area contributed by atoms with Gasteiger partial charge in [-0.3, -0.25) is 5.43 Å². The van der Waals surface area contributed by atoms with Gasteiger partial charge in [-0.25, -0.2) is 9.59 Å². The summed E-state index contributed by atoms with van der Waals surface area (Å²) in [5.41, 5.74) is 4.54. The number of halogens is 2. The first-order valence-electron chi connectivity index (χ1n) is 11.4. The summed E-state index contributed by atoms with van der Waals surface area (Å²) in [7, 11) is 2.83. The van der Waals surface area contributed by atoms with Crippen molar-refractivity contribution in [2.45, 2.75) is 26.1 Å². The first-order valence-corrected chi connectivity index (χ1v) is 13.0. The minimum Gasteiger partial charge on any atom is -0.495 e. The van der Waals surface area contributed by atoms with E-state index in [1.54, 1.807) is 32.2 Å². The number of ether oxygens (including phenoxy) is 4. The number of hydrogen-bond acceptors (Lipinski definition) is 9. The quantitative estimate of drug-likeness (QED) is 0.124. The Morgan fingerprint density at radius 1 is 1.21 bits per heavy atom. The Morgan fingerprint density at radius 2 is 1.97 bits per heavy atom. The number of nitrogens with one attached hydrogen (secondary N) is 3. The zero-order valence-corrected chi connectivity index (χ0v) is 24.3. The van der Waals surface area contributed by atoms with Crippen LogP contribution in [0.2, 0.25) is 0 Å². The zero-order chi connectivity index (χ0) is 27.8. The predicted molar refractivity (Wildman–Crippen MR) is 147 cm³/mol. The number of methoxy groups -OCH3 is 2. The molecule has 2 amide bonds. The molecule has 1 heterocycles. The number of nitrogens with zero attached hydrogens (tertiary/aromatic N) is 1. The molecule has 0 unspecified atom stereocenters. The number of rotatable bonds is 11. The van der Waals surface area contributed by atoms with E-state index in [1.165, 1.54) is 13.3 Å². The molecule has 0 fully saturated rings. The molecule has 0 spiro atoms. The average Bonchev–Trinajstić information content (AvgIpc) is 2.87. The SMILES string of the molecule is CCOc1cc([C@@H]2NC(=O)NC(C)=C2C(=O)OC)ccc1OC[C@@H](O)N/N=C/c1cc(Br)cc(Br)c1OC. The van der Waals surface area contributed by atoms with Crippen molar-refractivity contribution in [1.29, 1.82) is 0 Å². The summed E-state index contributed by atoms with van der Waals surface area (Å²) in [6.07, 6.45) is 0.377. The van der Waals surface area contributed by atoms with Crippen LogP contribution in [0.3, 0.4) is 0 Å². The van der Waals surface area contributed by atoms with E-state index >= 15 is 0 Å². The van der Waals surface area contributed by atoms with E-state index in [4.69, 9.17) is 18.9 Å². The first kappa shape index (κ1) is 29.3. The van der Waals surface area contributed by atoms with Gasteiger partial charge in [0.15, 0.2) is 17.7 Å². The van der Waals surface area contributed by atoms with Crippen LogP contribution < -0.4 is 30.3 Å². The second-order valence-corrected chi connectivity index (χ2v) is 9.70. The van der Waals surface area contributed by atoms with Gasteiger partial charge in [-0.1, -0.05) is 22.0 Å². The fraction of sp³-hybridized carbons (Fsp3) is 0.320. The summed E-state index contributed by atoms with van der Waals surface area (Å²) < 4.78 is 23.3. The van der Waals surface area contributed by atoms with Crippen LogP contribution in [0.1, 0.15) is 31.0 Å². The van der Waals surface area contributed by atoms with E-state index in [0.29, 0.717) is 40.7 Å². The Morgan fingerprint density at radius 3 is 2.66 bits per heavy atom. The van der Waals surface area contributed by atoms with E-state index in [9.17, 15) is 14.7 Å². The summed E-state index contributed by atoms with van der Waals surface area (Å²) >= 11 is 6.85. The lowest BCUT2D eigenvalue weighted by Crippen LogP contribution is -2.45. The maximum Gasteiger partial charge on any atom is 0.337 e. The molecule has 4 N–H and O–H groups in total. The van der Waals surface area contributed by atoms with Crippen molar-refractivity contribution < 1.29 is 33.6 Å². The smallest absolute Gasteiger partial charge is 0.337 e. The van der Waals surface area contributed by atoms with Gasteiger partial charge in [0, 0.05) is 15.7 Å². The van der Waals surface area contributed by atoms with Crippen molar-refractivity contribution >= 4 is 50.1 Å². The molecular weight excluding hydrogens is 628 g/mol. The summed E-state index contributed by atoms with van der Waals surface area (Å²) in [6, 6.07) is 7.47. The summed E-state index contributed by atoms with van der Waals surface area (Å²) in [5.74, 6) is 0.759. The van der Waals surface area contributed by atoms with Crippen molar-refractivity contribution in [1.82, 2.24) is 16.1 Å². The molecule has 2 aromatic rings. The largest absolute Gasteiger partial charge is 0.495 e. The maximum absolute atomic E-state index is 12.4. The highest BCUT2D eigenvalue weighted by Gasteiger charge is 2.32. The number of carbonyl (C=O) groups excluding carboxylic acids is 2. The zero-order valence-electron chi connectivity index (χ0n) is 21.1. The Bertz CT molecular complexity index is 1250. The highest BCUT2D eigenvalue weighted by molar-refractivity contribution is 9.11. The maximum atomic E-state index is 12.4. The number of aliphatic hydroxyl groups excluding tert-OH is 1. The Hall–Kier alpha value is -3.29. The number of amides is 2. The van der Waals surface area contributed by atoms with Gasteiger partial charge in [0.2, 0.25) is 0 Å². The van der Waals surface area contributed by atoms with Crippen LogP contribution in [-0.4, -0.2) is 57.0 Å². The number of esters is 1. The normalized spacial score (nSPS) is 16.0. The van der Waals surface area contributed by atoms with Crippen LogP contribution in [0, 0.1) is 0 Å². The van der Waals surface area contributed by atoms with Gasteiger partial charge in [0.05, 0.1) is 43.1 Å². The Kier molecular flexibility index (Phi) is 10.4. The number of carbonyl (C=O) groups is 2. The van der Waals surface area contributed by atoms with Crippen molar-refractivity contribution in [2.24, 2.45) is 5.10 Å². The summed E-state index contributed by atoms with van der Waals surface area (Å²) in [6.45, 7) is 3.63. The predicted octanol–water partition coefficient (Wildman–Crippen LogP) is 3.74. The van der Waals surface area contributed by atoms with Crippen LogP contribution in [-0.2, 0) is 9.53 Å². The first-order chi connectivity index (χ1) is 18.2. The third-order valence-electron chi connectivity index (χ3n) is 5.34. The molecule has 2 atom stereocenters. The van der Waals surface area contributed by atoms with Crippen molar-refractivity contribution in [3.05, 3.63) is 61.7 Å². The second-order valence-electron chi connectivity index (χ2n) is 7.93. The molecule has 0 aromatic heterocycles. The standard InChI is InChI=1S/C25H28Br2N4O7/c1-5-37-19-9-14(22-21(24(33)36-4)13(2)29-25(34)30-22)6-7-18(19)38-12-20(32)31-28-11-15-8-16(26)10-17(27)23(15)35-3/h6-11,20,22,31-32H,5,12H2,1-4H3,(H2,29,30,34)/b28-11+/t20-,22+/m1/s1. The van der Waals surface area contributed by atoms with Crippen molar-refractivity contribution in [2.75, 3.05) is 27.4 Å². The molecule has 204 valence electrons. The Labute approximate surface area is 236 Å². The minimum absolute atomic E-state index is 0.146. The third kappa shape index (κ3) is 7.17. The van der Waals surface area contributed by atoms with E-state index in [0.717, 1.165) is 8.95 Å². The highest BCUT2D eigenvalue weighted by atomic mass is 79.9. The van der Waals surface area contributed by atoms with Crippen LogP contribution in [0.25, 0.3) is 0 Å². The third-order valence-corrected chi connectivity index (χ3v) is 6.39. The molecule has 38 heavy (non-hydrogen) atoms. The monoisotopic (exact) mass is 654 g/mol. The fourth-order valence-corrected chi connectivity index (χ4v) is 5.13. The van der Waals surface area contributed by atoms with Crippen molar-refractivity contribution in [3.63, 3.8) is 0 Å². The van der Waals surface area contributed by atoms with Gasteiger partial charge in [-0.15, -0.1) is 0 Å². The lowest BCUT2D eigenvalue weighted by atomic mass is 9.95. The lowest BCUT2D eigenvalue weighted by molar-refractivity contribution is -0.136. The van der Waals surface area contributed by atoms with Gasteiger partial charge in [0.25, 0.3) is 0 Å². The molecule has 11 nitrogen and oxygen atoms in total. The average molecular weight is 656 g/mol. The number of benzene rings is 2. The van der Waals surface area contributed by atoms with E-state index in [-0.39, 0.29) is 12.2 Å².